The Balaban J connectivity index is 1.67. The molecule has 0 aliphatic carbocycles. The number of nitrogens with one attached hydrogen (secondary N) is 2. The van der Waals surface area contributed by atoms with Crippen molar-refractivity contribution >= 4 is 45.2 Å². The number of nitrogens with zero attached hydrogens (tertiary/aromatic N) is 2. The number of aromatic nitrogens is 3. The van der Waals surface area contributed by atoms with Crippen LogP contribution in [0.3, 0.4) is 0 Å². The average Bonchev–Trinajstić information content (AvgIpc) is 3.31. The van der Waals surface area contributed by atoms with Crippen molar-refractivity contribution in [3.63, 3.8) is 0 Å². The van der Waals surface area contributed by atoms with E-state index in [-0.39, 0.29) is 6.09 Å². The molecule has 0 spiro atoms. The molecular weight excluding hydrogens is 340 g/mol. The van der Waals surface area contributed by atoms with Gasteiger partial charge in [0, 0.05) is 27.0 Å². The predicted molar refractivity (Wildman–Crippen MR) is 97.1 cm³/mol. The van der Waals surface area contributed by atoms with E-state index in [9.17, 15) is 4.79 Å². The summed E-state index contributed by atoms with van der Waals surface area (Å²) in [6, 6.07) is 13.5. The van der Waals surface area contributed by atoms with E-state index in [4.69, 9.17) is 16.3 Å². The standard InChI is InChI=1S/C18H13ClN4O2/c19-13-2-1-3-14-11(13)9-16(20-14)17-12-8-10(4-5-15(12)21-22-17)23-6-7-25-18(23)24/h1-5,8-9,20H,6-7H2,(H,21,22). The van der Waals surface area contributed by atoms with E-state index in [2.05, 4.69) is 15.2 Å². The lowest BCUT2D eigenvalue weighted by atomic mass is 10.1. The molecule has 25 heavy (non-hydrogen) atoms. The molecule has 3 heterocycles. The molecule has 0 atom stereocenters. The Morgan fingerprint density at radius 2 is 2.04 bits per heavy atom. The number of hydrogen-bond donors (Lipinski definition) is 2. The second-order valence-corrected chi connectivity index (χ2v) is 6.36. The third kappa shape index (κ3) is 2.18. The Kier molecular flexibility index (Phi) is 3.02. The number of fused-ring (bicyclic) bond motifs is 2. The monoisotopic (exact) mass is 352 g/mol. The molecule has 1 amide bonds. The maximum atomic E-state index is 11.8. The number of cyclic esters (lactones) is 1. The van der Waals surface area contributed by atoms with Crippen LogP contribution in [0.5, 0.6) is 0 Å². The number of halogens is 1. The summed E-state index contributed by atoms with van der Waals surface area (Å²) in [5, 5.41) is 10.1. The average molecular weight is 353 g/mol. The Labute approximate surface area is 147 Å². The first-order valence-electron chi connectivity index (χ1n) is 7.91. The van der Waals surface area contributed by atoms with E-state index in [1.165, 1.54) is 0 Å². The largest absolute Gasteiger partial charge is 0.447 e. The molecule has 0 unspecified atom stereocenters. The molecule has 1 saturated heterocycles. The van der Waals surface area contributed by atoms with Crippen molar-refractivity contribution < 1.29 is 9.53 Å². The summed E-state index contributed by atoms with van der Waals surface area (Å²) in [5.41, 5.74) is 4.31. The number of aromatic amines is 2. The molecule has 124 valence electrons. The topological polar surface area (TPSA) is 74.0 Å². The number of carbonyl (C=O) groups excluding carboxylic acids is 1. The second kappa shape index (κ2) is 5.26. The minimum atomic E-state index is -0.318. The molecule has 0 bridgehead atoms. The summed E-state index contributed by atoms with van der Waals surface area (Å²) in [4.78, 5) is 16.8. The zero-order valence-corrected chi connectivity index (χ0v) is 13.8. The molecule has 0 saturated carbocycles. The lowest BCUT2D eigenvalue weighted by Gasteiger charge is -2.12. The van der Waals surface area contributed by atoms with Crippen LogP contribution in [0.1, 0.15) is 0 Å². The molecule has 0 radical (unpaired) electrons. The molecule has 1 fully saturated rings. The van der Waals surface area contributed by atoms with E-state index >= 15 is 0 Å². The molecule has 2 N–H and O–H groups in total. The van der Waals surface area contributed by atoms with E-state index in [1.54, 1.807) is 4.90 Å². The van der Waals surface area contributed by atoms with E-state index in [0.717, 1.165) is 38.9 Å². The Morgan fingerprint density at radius 3 is 2.84 bits per heavy atom. The van der Waals surface area contributed by atoms with Gasteiger partial charge in [-0.05, 0) is 36.4 Å². The van der Waals surface area contributed by atoms with E-state index < -0.39 is 0 Å². The van der Waals surface area contributed by atoms with Crippen LogP contribution in [0.25, 0.3) is 33.2 Å². The Bertz CT molecular complexity index is 1130. The Hall–Kier alpha value is -2.99. The third-order valence-corrected chi connectivity index (χ3v) is 4.81. The molecule has 6 nitrogen and oxygen atoms in total. The highest BCUT2D eigenvalue weighted by Crippen LogP contribution is 2.33. The molecular formula is C18H13ClN4O2. The van der Waals surface area contributed by atoms with Crippen molar-refractivity contribution in [3.8, 4) is 11.4 Å². The molecule has 5 rings (SSSR count). The molecule has 1 aliphatic rings. The second-order valence-electron chi connectivity index (χ2n) is 5.95. The number of anilines is 1. The summed E-state index contributed by atoms with van der Waals surface area (Å²) in [5.74, 6) is 0. The van der Waals surface area contributed by atoms with Gasteiger partial charge < -0.3 is 9.72 Å². The van der Waals surface area contributed by atoms with Crippen molar-refractivity contribution in [1.29, 1.82) is 0 Å². The van der Waals surface area contributed by atoms with Gasteiger partial charge in [0.1, 0.15) is 12.3 Å². The van der Waals surface area contributed by atoms with Gasteiger partial charge in [-0.3, -0.25) is 10.00 Å². The quantitative estimate of drug-likeness (QED) is 0.564. The van der Waals surface area contributed by atoms with Crippen LogP contribution in [-0.2, 0) is 4.74 Å². The number of benzene rings is 2. The first-order valence-corrected chi connectivity index (χ1v) is 8.28. The van der Waals surface area contributed by atoms with Crippen LogP contribution in [0.15, 0.2) is 42.5 Å². The van der Waals surface area contributed by atoms with Crippen LogP contribution in [0.4, 0.5) is 10.5 Å². The molecule has 2 aromatic heterocycles. The van der Waals surface area contributed by atoms with Crippen molar-refractivity contribution in [2.45, 2.75) is 0 Å². The lowest BCUT2D eigenvalue weighted by molar-refractivity contribution is 0.181. The SMILES string of the molecule is O=C1OCCN1c1ccc2[nH]nc(-c3cc4c(Cl)cccc4[nH]3)c2c1. The fraction of sp³-hybridized carbons (Fsp3) is 0.111. The molecule has 4 aromatic rings. The van der Waals surface area contributed by atoms with Gasteiger partial charge in [-0.2, -0.15) is 5.10 Å². The number of H-pyrrole nitrogens is 2. The Morgan fingerprint density at radius 1 is 1.12 bits per heavy atom. The van der Waals surface area contributed by atoms with E-state index in [1.807, 2.05) is 42.5 Å². The van der Waals surface area contributed by atoms with Gasteiger partial charge in [0.2, 0.25) is 0 Å². The fourth-order valence-corrected chi connectivity index (χ4v) is 3.48. The minimum Gasteiger partial charge on any atom is -0.447 e. The molecule has 7 heteroatoms. The first kappa shape index (κ1) is 14.4. The highest BCUT2D eigenvalue weighted by molar-refractivity contribution is 6.35. The highest BCUT2D eigenvalue weighted by Gasteiger charge is 2.24. The fourth-order valence-electron chi connectivity index (χ4n) is 3.25. The normalized spacial score (nSPS) is 14.6. The minimum absolute atomic E-state index is 0.318. The number of rotatable bonds is 2. The van der Waals surface area contributed by atoms with Crippen molar-refractivity contribution in [1.82, 2.24) is 15.2 Å². The summed E-state index contributed by atoms with van der Waals surface area (Å²) < 4.78 is 5.02. The van der Waals surface area contributed by atoms with Gasteiger partial charge in [-0.25, -0.2) is 4.79 Å². The van der Waals surface area contributed by atoms with Crippen molar-refractivity contribution in [2.24, 2.45) is 0 Å². The van der Waals surface area contributed by atoms with Crippen LogP contribution in [0, 0.1) is 0 Å². The van der Waals surface area contributed by atoms with Crippen LogP contribution >= 0.6 is 11.6 Å². The maximum Gasteiger partial charge on any atom is 0.414 e. The van der Waals surface area contributed by atoms with Gasteiger partial charge >= 0.3 is 6.09 Å². The van der Waals surface area contributed by atoms with Gasteiger partial charge in [0.15, 0.2) is 0 Å². The summed E-state index contributed by atoms with van der Waals surface area (Å²) in [7, 11) is 0. The van der Waals surface area contributed by atoms with Crippen molar-refractivity contribution in [2.75, 3.05) is 18.1 Å². The zero-order chi connectivity index (χ0) is 17.0. The first-order chi connectivity index (χ1) is 12.2. The molecule has 2 aromatic carbocycles. The number of ether oxygens (including phenoxy) is 1. The van der Waals surface area contributed by atoms with Crippen molar-refractivity contribution in [3.05, 3.63) is 47.5 Å². The van der Waals surface area contributed by atoms with Crippen LogP contribution in [-0.4, -0.2) is 34.4 Å². The van der Waals surface area contributed by atoms with Gasteiger partial charge in [-0.15, -0.1) is 0 Å². The van der Waals surface area contributed by atoms with Crippen LogP contribution in [0.2, 0.25) is 5.02 Å². The highest BCUT2D eigenvalue weighted by atomic mass is 35.5. The van der Waals surface area contributed by atoms with Crippen LogP contribution < -0.4 is 4.90 Å². The van der Waals surface area contributed by atoms with Gasteiger partial charge in [0.05, 0.1) is 17.8 Å². The summed E-state index contributed by atoms with van der Waals surface area (Å²) in [6.45, 7) is 0.967. The summed E-state index contributed by atoms with van der Waals surface area (Å²) in [6.07, 6.45) is -0.318. The third-order valence-electron chi connectivity index (χ3n) is 4.48. The maximum absolute atomic E-state index is 11.8. The lowest BCUT2D eigenvalue weighted by Crippen LogP contribution is -2.23. The number of amides is 1. The molecule has 1 aliphatic heterocycles. The van der Waals surface area contributed by atoms with Gasteiger partial charge in [0.25, 0.3) is 0 Å². The number of hydrogen-bond acceptors (Lipinski definition) is 3. The summed E-state index contributed by atoms with van der Waals surface area (Å²) >= 11 is 6.27. The predicted octanol–water partition coefficient (Wildman–Crippen LogP) is 4.32. The number of carbonyl (C=O) groups is 1. The zero-order valence-electron chi connectivity index (χ0n) is 13.0. The van der Waals surface area contributed by atoms with Gasteiger partial charge in [-0.1, -0.05) is 17.7 Å². The van der Waals surface area contributed by atoms with E-state index in [0.29, 0.717) is 18.2 Å². The smallest absolute Gasteiger partial charge is 0.414 e.